The minimum atomic E-state index is -1.76. The predicted octanol–water partition coefficient (Wildman–Crippen LogP) is 1.74. The number of rotatable bonds is 6. The number of aliphatic hydroxyl groups is 1. The fourth-order valence-corrected chi connectivity index (χ4v) is 4.66. The number of anilines is 1. The average Bonchev–Trinajstić information content (AvgIpc) is 3.34. The van der Waals surface area contributed by atoms with Crippen LogP contribution in [0.1, 0.15) is 12.6 Å². The molecular formula is C19H22N4O4S2. The van der Waals surface area contributed by atoms with Gasteiger partial charge in [0.15, 0.2) is 10.7 Å². The minimum Gasteiger partial charge on any atom is -0.379 e. The number of morpholine rings is 1. The van der Waals surface area contributed by atoms with Gasteiger partial charge in [0.2, 0.25) is 0 Å². The van der Waals surface area contributed by atoms with E-state index in [9.17, 15) is 14.7 Å². The molecule has 1 aliphatic heterocycles. The first-order valence-electron chi connectivity index (χ1n) is 9.27. The van der Waals surface area contributed by atoms with Crippen LogP contribution >= 0.6 is 22.7 Å². The Hall–Kier alpha value is -2.11. The molecule has 0 bridgehead atoms. The summed E-state index contributed by atoms with van der Waals surface area (Å²) in [6.07, 6.45) is 1.60. The summed E-state index contributed by atoms with van der Waals surface area (Å²) in [5, 5.41) is 18.1. The van der Waals surface area contributed by atoms with Gasteiger partial charge in [-0.25, -0.2) is 4.98 Å². The topological polar surface area (TPSA) is 96.7 Å². The number of pyridine rings is 1. The van der Waals surface area contributed by atoms with Crippen LogP contribution in [0.2, 0.25) is 0 Å². The molecule has 3 aromatic rings. The molecule has 0 saturated carbocycles. The van der Waals surface area contributed by atoms with Crippen LogP contribution < -0.4 is 10.9 Å². The van der Waals surface area contributed by atoms with Crippen molar-refractivity contribution in [1.29, 1.82) is 0 Å². The van der Waals surface area contributed by atoms with Crippen molar-refractivity contribution in [3.05, 3.63) is 45.1 Å². The van der Waals surface area contributed by atoms with Crippen molar-refractivity contribution in [2.75, 3.05) is 31.6 Å². The van der Waals surface area contributed by atoms with Crippen molar-refractivity contribution in [2.24, 2.45) is 0 Å². The first-order chi connectivity index (χ1) is 13.9. The van der Waals surface area contributed by atoms with Crippen LogP contribution in [0.3, 0.4) is 0 Å². The zero-order valence-corrected chi connectivity index (χ0v) is 17.6. The van der Waals surface area contributed by atoms with E-state index in [0.717, 1.165) is 23.5 Å². The smallest absolute Gasteiger partial charge is 0.259 e. The van der Waals surface area contributed by atoms with Gasteiger partial charge in [0, 0.05) is 35.9 Å². The van der Waals surface area contributed by atoms with Crippen LogP contribution in [-0.4, -0.2) is 57.4 Å². The lowest BCUT2D eigenvalue weighted by Crippen LogP contribution is -2.45. The van der Waals surface area contributed by atoms with E-state index in [-0.39, 0.29) is 12.1 Å². The molecule has 0 aliphatic carbocycles. The minimum absolute atomic E-state index is 0.143. The Balaban J connectivity index is 1.41. The largest absolute Gasteiger partial charge is 0.379 e. The summed E-state index contributed by atoms with van der Waals surface area (Å²) in [6.45, 7) is 5.10. The van der Waals surface area contributed by atoms with E-state index in [4.69, 9.17) is 4.74 Å². The number of hydrogen-bond donors (Lipinski definition) is 2. The van der Waals surface area contributed by atoms with E-state index >= 15 is 0 Å². The lowest BCUT2D eigenvalue weighted by atomic mass is 10.1. The van der Waals surface area contributed by atoms with Crippen LogP contribution in [0, 0.1) is 0 Å². The number of hydrogen-bond acceptors (Lipinski definition) is 8. The van der Waals surface area contributed by atoms with Gasteiger partial charge in [-0.1, -0.05) is 0 Å². The summed E-state index contributed by atoms with van der Waals surface area (Å²) < 4.78 is 7.58. The van der Waals surface area contributed by atoms with Gasteiger partial charge in [0.1, 0.15) is 0 Å². The number of thiazole rings is 1. The van der Waals surface area contributed by atoms with Crippen molar-refractivity contribution in [3.63, 3.8) is 0 Å². The molecule has 8 nitrogen and oxygen atoms in total. The fourth-order valence-electron chi connectivity index (χ4n) is 3.19. The standard InChI is InChI=1S/C19H22N4O4S2/c1-19(26,12-23-4-2-15-14(16(23)24)3-9-28-15)17(25)21-18-20-13(11-29-18)10-22-5-7-27-8-6-22/h2-4,9,11,26H,5-8,10,12H2,1H3,(H,20,21,25)/t19-/m1/s1. The molecule has 1 fully saturated rings. The first kappa shape index (κ1) is 20.2. The molecular weight excluding hydrogens is 412 g/mol. The van der Waals surface area contributed by atoms with Gasteiger partial charge in [0.25, 0.3) is 11.5 Å². The van der Waals surface area contributed by atoms with Gasteiger partial charge >= 0.3 is 0 Å². The molecule has 4 heterocycles. The summed E-state index contributed by atoms with van der Waals surface area (Å²) in [7, 11) is 0. The number of aromatic nitrogens is 2. The Kier molecular flexibility index (Phi) is 5.79. The van der Waals surface area contributed by atoms with Crippen LogP contribution in [-0.2, 0) is 22.6 Å². The molecule has 4 rings (SSSR count). The van der Waals surface area contributed by atoms with Crippen molar-refractivity contribution >= 4 is 43.8 Å². The monoisotopic (exact) mass is 434 g/mol. The summed E-state index contributed by atoms with van der Waals surface area (Å²) in [5.41, 5.74) is -1.12. The van der Waals surface area contributed by atoms with E-state index in [1.807, 2.05) is 16.8 Å². The molecule has 1 amide bonds. The molecule has 0 radical (unpaired) electrons. The average molecular weight is 435 g/mol. The number of carbonyl (C=O) groups is 1. The number of amides is 1. The highest BCUT2D eigenvalue weighted by Crippen LogP contribution is 2.20. The first-order valence-corrected chi connectivity index (χ1v) is 11.0. The van der Waals surface area contributed by atoms with E-state index < -0.39 is 11.5 Å². The Morgan fingerprint density at radius 3 is 2.93 bits per heavy atom. The van der Waals surface area contributed by atoms with Gasteiger partial charge < -0.3 is 14.4 Å². The van der Waals surface area contributed by atoms with Crippen LogP contribution in [0.15, 0.2) is 33.9 Å². The number of nitrogens with zero attached hydrogens (tertiary/aromatic N) is 3. The fraction of sp³-hybridized carbons (Fsp3) is 0.421. The summed E-state index contributed by atoms with van der Waals surface area (Å²) in [6, 6.07) is 3.56. The highest BCUT2D eigenvalue weighted by molar-refractivity contribution is 7.17. The van der Waals surface area contributed by atoms with Crippen LogP contribution in [0.4, 0.5) is 5.13 Å². The summed E-state index contributed by atoms with van der Waals surface area (Å²) in [5.74, 6) is -0.595. The predicted molar refractivity (Wildman–Crippen MR) is 114 cm³/mol. The highest BCUT2D eigenvalue weighted by Gasteiger charge is 2.32. The van der Waals surface area contributed by atoms with Gasteiger partial charge in [-0.15, -0.1) is 22.7 Å². The molecule has 1 saturated heterocycles. The van der Waals surface area contributed by atoms with Crippen molar-refractivity contribution < 1.29 is 14.6 Å². The van der Waals surface area contributed by atoms with Gasteiger partial charge in [-0.3, -0.25) is 19.8 Å². The third kappa shape index (κ3) is 4.57. The molecule has 154 valence electrons. The van der Waals surface area contributed by atoms with Gasteiger partial charge in [-0.2, -0.15) is 0 Å². The van der Waals surface area contributed by atoms with Crippen molar-refractivity contribution in [1.82, 2.24) is 14.5 Å². The lowest BCUT2D eigenvalue weighted by molar-refractivity contribution is -0.133. The number of nitrogens with one attached hydrogen (secondary N) is 1. The maximum Gasteiger partial charge on any atom is 0.259 e. The van der Waals surface area contributed by atoms with E-state index in [2.05, 4.69) is 15.2 Å². The number of carbonyl (C=O) groups excluding carboxylic acids is 1. The third-order valence-corrected chi connectivity index (χ3v) is 6.51. The number of fused-ring (bicyclic) bond motifs is 1. The SMILES string of the molecule is C[C@@](O)(Cn1ccc2sccc2c1=O)C(=O)Nc1nc(CN2CCOCC2)cs1. The van der Waals surface area contributed by atoms with E-state index in [0.29, 0.717) is 30.3 Å². The van der Waals surface area contributed by atoms with Crippen LogP contribution in [0.5, 0.6) is 0 Å². The number of thiophene rings is 1. The molecule has 2 N–H and O–H groups in total. The molecule has 0 unspecified atom stereocenters. The van der Waals surface area contributed by atoms with Crippen LogP contribution in [0.25, 0.3) is 10.1 Å². The molecule has 10 heteroatoms. The second-order valence-corrected chi connectivity index (χ2v) is 9.01. The molecule has 0 aromatic carbocycles. The number of ether oxygens (including phenoxy) is 1. The van der Waals surface area contributed by atoms with Crippen molar-refractivity contribution in [3.8, 4) is 0 Å². The Bertz CT molecular complexity index is 1070. The van der Waals surface area contributed by atoms with Gasteiger partial charge in [0.05, 0.1) is 30.8 Å². The zero-order chi connectivity index (χ0) is 20.4. The lowest BCUT2D eigenvalue weighted by Gasteiger charge is -2.25. The van der Waals surface area contributed by atoms with Gasteiger partial charge in [-0.05, 0) is 24.4 Å². The third-order valence-electron chi connectivity index (χ3n) is 4.82. The Morgan fingerprint density at radius 1 is 1.34 bits per heavy atom. The molecule has 29 heavy (non-hydrogen) atoms. The Labute approximate surface area is 175 Å². The second kappa shape index (κ2) is 8.33. The molecule has 0 spiro atoms. The molecule has 1 atom stereocenters. The molecule has 1 aliphatic rings. The highest BCUT2D eigenvalue weighted by atomic mass is 32.1. The van der Waals surface area contributed by atoms with Crippen molar-refractivity contribution in [2.45, 2.75) is 25.6 Å². The maximum absolute atomic E-state index is 12.6. The quantitative estimate of drug-likeness (QED) is 0.614. The second-order valence-electron chi connectivity index (χ2n) is 7.21. The summed E-state index contributed by atoms with van der Waals surface area (Å²) >= 11 is 2.79. The van der Waals surface area contributed by atoms with E-state index in [1.54, 1.807) is 12.3 Å². The maximum atomic E-state index is 12.6. The zero-order valence-electron chi connectivity index (χ0n) is 16.0. The normalized spacial score (nSPS) is 17.3. The molecule has 3 aromatic heterocycles. The Morgan fingerprint density at radius 2 is 2.14 bits per heavy atom. The van der Waals surface area contributed by atoms with E-state index in [1.165, 1.54) is 34.2 Å². The summed E-state index contributed by atoms with van der Waals surface area (Å²) in [4.78, 5) is 31.9.